The fourth-order valence-electron chi connectivity index (χ4n) is 8.11. The zero-order valence-corrected chi connectivity index (χ0v) is 31.3. The summed E-state index contributed by atoms with van der Waals surface area (Å²) >= 11 is 0. The highest BCUT2D eigenvalue weighted by Gasteiger charge is 2.60. The number of hydrogen-bond donors (Lipinski definition) is 6. The fraction of sp³-hybridized carbons (Fsp3) is 0.514. The van der Waals surface area contributed by atoms with Crippen molar-refractivity contribution < 1.29 is 72.7 Å². The summed E-state index contributed by atoms with van der Waals surface area (Å²) in [5.74, 6) is 0.101. The number of fused-ring (bicyclic) bond motifs is 2. The molecular formula is C35H36N10O15. The number of rotatable bonds is 10. The van der Waals surface area contributed by atoms with Crippen LogP contribution in [0.15, 0.2) is 36.9 Å². The first-order valence-electron chi connectivity index (χ1n) is 18.3. The van der Waals surface area contributed by atoms with Gasteiger partial charge < -0.3 is 69.8 Å². The maximum atomic E-state index is 13.8. The minimum absolute atomic E-state index is 0.0151. The van der Waals surface area contributed by atoms with Crippen molar-refractivity contribution in [3.63, 3.8) is 0 Å². The fourth-order valence-corrected chi connectivity index (χ4v) is 8.11. The van der Waals surface area contributed by atoms with Crippen LogP contribution in [-0.4, -0.2) is 141 Å². The number of aliphatic hydroxyl groups is 4. The van der Waals surface area contributed by atoms with E-state index < -0.39 is 116 Å². The molecule has 4 aromatic heterocycles. The van der Waals surface area contributed by atoms with E-state index in [4.69, 9.17) is 49.4 Å². The van der Waals surface area contributed by atoms with E-state index in [0.717, 1.165) is 12.7 Å². The molecule has 4 aliphatic rings. The molecule has 316 valence electrons. The summed E-state index contributed by atoms with van der Waals surface area (Å²) in [6.07, 6.45) is -20.9. The number of nitrogens with zero attached hydrogens (tertiary/aromatic N) is 8. The SMILES string of the molecule is CC1OC(=O)OC1C(C[C@H]1O[C@@](C#N)(c2ccc3c(N)ncnn23)[C@H](O)[C@@H]1O)OC(=O)OC(C[C@H]1O[C@@](C#N)(c2ccc3c(N)ncnn23)[C@H](O)[C@@H]1O)C1OC(=O)OC1C. The van der Waals surface area contributed by atoms with Crippen molar-refractivity contribution in [2.75, 3.05) is 11.5 Å². The number of nitrogen functional groups attached to an aromatic ring is 2. The molecule has 8 heterocycles. The Hall–Kier alpha value is -6.61. The van der Waals surface area contributed by atoms with Crippen LogP contribution in [0.5, 0.6) is 0 Å². The van der Waals surface area contributed by atoms with Gasteiger partial charge in [0.05, 0.1) is 23.6 Å². The van der Waals surface area contributed by atoms with E-state index in [1.807, 2.05) is 12.1 Å². The molecule has 0 aromatic carbocycles. The van der Waals surface area contributed by atoms with Crippen molar-refractivity contribution >= 4 is 41.1 Å². The number of aromatic nitrogens is 6. The van der Waals surface area contributed by atoms with E-state index in [-0.39, 0.29) is 34.1 Å². The largest absolute Gasteiger partial charge is 0.509 e. The molecule has 0 spiro atoms. The average Bonchev–Trinajstić information content (AvgIpc) is 4.07. The van der Waals surface area contributed by atoms with Crippen LogP contribution in [0.3, 0.4) is 0 Å². The third-order valence-electron chi connectivity index (χ3n) is 11.1. The Labute approximate surface area is 336 Å². The molecule has 8 rings (SSSR count). The smallest absolute Gasteiger partial charge is 0.427 e. The van der Waals surface area contributed by atoms with Crippen LogP contribution in [0.25, 0.3) is 11.0 Å². The van der Waals surface area contributed by atoms with Gasteiger partial charge in [0.15, 0.2) is 23.8 Å². The summed E-state index contributed by atoms with van der Waals surface area (Å²) in [7, 11) is 0. The number of cyclic esters (lactones) is 4. The minimum atomic E-state index is -2.25. The Bertz CT molecular complexity index is 2270. The van der Waals surface area contributed by atoms with Crippen molar-refractivity contribution in [2.24, 2.45) is 0 Å². The Balaban J connectivity index is 1.05. The Morgan fingerprint density at radius 1 is 0.750 bits per heavy atom. The number of aliphatic hydroxyl groups excluding tert-OH is 4. The third kappa shape index (κ3) is 6.35. The van der Waals surface area contributed by atoms with Crippen LogP contribution in [0.1, 0.15) is 38.1 Å². The summed E-state index contributed by atoms with van der Waals surface area (Å²) in [4.78, 5) is 46.1. The van der Waals surface area contributed by atoms with Crippen LogP contribution < -0.4 is 11.5 Å². The second-order valence-corrected chi connectivity index (χ2v) is 14.5. The van der Waals surface area contributed by atoms with Crippen LogP contribution in [0.4, 0.5) is 26.0 Å². The second kappa shape index (κ2) is 14.9. The van der Waals surface area contributed by atoms with Gasteiger partial charge in [-0.25, -0.2) is 33.4 Å². The molecule has 4 fully saturated rings. The number of ether oxygens (including phenoxy) is 8. The molecule has 25 nitrogen and oxygen atoms in total. The highest BCUT2D eigenvalue weighted by Crippen LogP contribution is 2.44. The summed E-state index contributed by atoms with van der Waals surface area (Å²) in [6.45, 7) is 2.85. The van der Waals surface area contributed by atoms with Crippen LogP contribution >= 0.6 is 0 Å². The van der Waals surface area contributed by atoms with E-state index in [9.17, 15) is 45.3 Å². The van der Waals surface area contributed by atoms with Crippen LogP contribution in [-0.2, 0) is 49.1 Å². The average molecular weight is 837 g/mol. The molecule has 0 saturated carbocycles. The number of nitrogens with two attached hydrogens (primary N) is 2. The lowest BCUT2D eigenvalue weighted by molar-refractivity contribution is -0.110. The summed E-state index contributed by atoms with van der Waals surface area (Å²) in [6, 6.07) is 9.57. The number of carbonyl (C=O) groups is 3. The summed E-state index contributed by atoms with van der Waals surface area (Å²) < 4.78 is 46.7. The molecular weight excluding hydrogens is 800 g/mol. The van der Waals surface area contributed by atoms with E-state index in [2.05, 4.69) is 20.2 Å². The lowest BCUT2D eigenvalue weighted by atomic mass is 9.91. The van der Waals surface area contributed by atoms with Crippen molar-refractivity contribution in [3.05, 3.63) is 48.3 Å². The van der Waals surface area contributed by atoms with Gasteiger partial charge in [0, 0.05) is 12.8 Å². The van der Waals surface area contributed by atoms with Gasteiger partial charge in [0.2, 0.25) is 11.2 Å². The minimum Gasteiger partial charge on any atom is -0.427 e. The predicted octanol–water partition coefficient (Wildman–Crippen LogP) is -1.17. The van der Waals surface area contributed by atoms with E-state index in [1.165, 1.54) is 47.1 Å². The topological polar surface area (TPSA) is 366 Å². The van der Waals surface area contributed by atoms with Crippen LogP contribution in [0, 0.1) is 22.7 Å². The quantitative estimate of drug-likeness (QED) is 0.0809. The maximum Gasteiger partial charge on any atom is 0.509 e. The highest BCUT2D eigenvalue weighted by molar-refractivity contribution is 5.67. The highest BCUT2D eigenvalue weighted by atomic mass is 16.8. The Kier molecular flexibility index (Phi) is 9.97. The van der Waals surface area contributed by atoms with Crippen molar-refractivity contribution in [1.82, 2.24) is 29.2 Å². The molecule has 4 aromatic rings. The predicted molar refractivity (Wildman–Crippen MR) is 189 cm³/mol. The number of hydrogen-bond acceptors (Lipinski definition) is 23. The summed E-state index contributed by atoms with van der Waals surface area (Å²) in [5.41, 5.74) is 7.92. The Morgan fingerprint density at radius 3 is 1.50 bits per heavy atom. The summed E-state index contributed by atoms with van der Waals surface area (Å²) in [5, 5.41) is 74.2. The van der Waals surface area contributed by atoms with Gasteiger partial charge in [-0.3, -0.25) is 0 Å². The van der Waals surface area contributed by atoms with Gasteiger partial charge in [-0.15, -0.1) is 0 Å². The zero-order chi connectivity index (χ0) is 42.8. The Morgan fingerprint density at radius 2 is 1.15 bits per heavy atom. The molecule has 6 unspecified atom stereocenters. The molecule has 0 bridgehead atoms. The molecule has 14 atom stereocenters. The first-order chi connectivity index (χ1) is 28.6. The normalized spacial score (nSPS) is 34.6. The van der Waals surface area contributed by atoms with Gasteiger partial charge in [0.25, 0.3) is 0 Å². The molecule has 0 amide bonds. The lowest BCUT2D eigenvalue weighted by Crippen LogP contribution is -2.45. The molecule has 0 aliphatic carbocycles. The van der Waals surface area contributed by atoms with Gasteiger partial charge in [-0.05, 0) is 38.1 Å². The standard InChI is InChI=1S/C35H36N10O15/c1-13-25(57-31(50)53-13)19(7-17-23(46)27(48)34(9-36,59-17)21-5-3-15-29(38)40-11-42-44(15)21)55-33(52)56-20(26-14(2)54-32(51)58-26)8-18-24(47)28(49)35(10-37,60-18)22-6-4-16-30(39)41-12-43-45(16)22/h3-6,11-14,17-20,23-28,46-49H,7-8H2,1-2H3,(H2,38,40,42)(H2,39,41,43)/t13?,14?,17-,18-,19?,20?,23-,24-,25?,26?,27-,28-,34+,35+/m1/s1. The van der Waals surface area contributed by atoms with E-state index >= 15 is 0 Å². The molecule has 8 N–H and O–H groups in total. The lowest BCUT2D eigenvalue weighted by Gasteiger charge is -2.30. The van der Waals surface area contributed by atoms with Gasteiger partial charge in [0.1, 0.15) is 84.7 Å². The van der Waals surface area contributed by atoms with Gasteiger partial charge in [-0.1, -0.05) is 0 Å². The maximum absolute atomic E-state index is 13.8. The first-order valence-corrected chi connectivity index (χ1v) is 18.3. The van der Waals surface area contributed by atoms with Gasteiger partial charge >= 0.3 is 18.5 Å². The second-order valence-electron chi connectivity index (χ2n) is 14.5. The van der Waals surface area contributed by atoms with E-state index in [0.29, 0.717) is 0 Å². The molecule has 4 saturated heterocycles. The monoisotopic (exact) mass is 836 g/mol. The molecule has 0 radical (unpaired) electrons. The molecule has 4 aliphatic heterocycles. The van der Waals surface area contributed by atoms with Crippen molar-refractivity contribution in [3.8, 4) is 12.1 Å². The van der Waals surface area contributed by atoms with E-state index in [1.54, 1.807) is 0 Å². The number of carbonyl (C=O) groups excluding carboxylic acids is 3. The third-order valence-corrected chi connectivity index (χ3v) is 11.1. The van der Waals surface area contributed by atoms with Crippen molar-refractivity contribution in [1.29, 1.82) is 10.5 Å². The number of anilines is 2. The number of nitriles is 2. The molecule has 25 heteroatoms. The van der Waals surface area contributed by atoms with Crippen molar-refractivity contribution in [2.45, 2.75) is 111 Å². The zero-order valence-electron chi connectivity index (χ0n) is 31.3. The van der Waals surface area contributed by atoms with Gasteiger partial charge in [-0.2, -0.15) is 20.7 Å². The first kappa shape index (κ1) is 40.2. The van der Waals surface area contributed by atoms with Crippen LogP contribution in [0.2, 0.25) is 0 Å². The molecule has 60 heavy (non-hydrogen) atoms.